The van der Waals surface area contributed by atoms with E-state index >= 15 is 0 Å². The lowest BCUT2D eigenvalue weighted by Crippen LogP contribution is -2.08. The Morgan fingerprint density at radius 1 is 0.880 bits per heavy atom. The molecule has 3 rings (SSSR count). The Balaban J connectivity index is 1.73. The van der Waals surface area contributed by atoms with Crippen LogP contribution in [0.1, 0.15) is 5.56 Å². The minimum absolute atomic E-state index is 0.596. The lowest BCUT2D eigenvalue weighted by Gasteiger charge is -2.13. The zero-order valence-electron chi connectivity index (χ0n) is 14.1. The molecule has 0 aliphatic heterocycles. The minimum atomic E-state index is 0.596. The van der Waals surface area contributed by atoms with Crippen molar-refractivity contribution in [1.82, 2.24) is 9.97 Å². The van der Waals surface area contributed by atoms with Gasteiger partial charge in [0, 0.05) is 37.2 Å². The average molecular weight is 330 g/mol. The average Bonchev–Trinajstić information content (AvgIpc) is 2.62. The zero-order valence-corrected chi connectivity index (χ0v) is 14.1. The van der Waals surface area contributed by atoms with Gasteiger partial charge in [-0.1, -0.05) is 6.07 Å². The number of anilines is 5. The number of nitriles is 1. The van der Waals surface area contributed by atoms with Gasteiger partial charge in [0.15, 0.2) is 0 Å². The Morgan fingerprint density at radius 3 is 2.20 bits per heavy atom. The van der Waals surface area contributed by atoms with Crippen molar-refractivity contribution in [3.63, 3.8) is 0 Å². The monoisotopic (exact) mass is 330 g/mol. The summed E-state index contributed by atoms with van der Waals surface area (Å²) >= 11 is 0. The van der Waals surface area contributed by atoms with E-state index in [1.807, 2.05) is 61.5 Å². The summed E-state index contributed by atoms with van der Waals surface area (Å²) in [5.74, 6) is 1.34. The SMILES string of the molecule is CN(C)c1ccc(Nc2cc(Nc3cccc(C#N)c3)ncn2)cc1. The van der Waals surface area contributed by atoms with E-state index in [-0.39, 0.29) is 0 Å². The summed E-state index contributed by atoms with van der Waals surface area (Å²) in [5, 5.41) is 15.4. The second-order valence-electron chi connectivity index (χ2n) is 5.67. The number of hydrogen-bond acceptors (Lipinski definition) is 6. The van der Waals surface area contributed by atoms with Crippen LogP contribution < -0.4 is 15.5 Å². The Hall–Kier alpha value is -3.59. The predicted octanol–water partition coefficient (Wildman–Crippen LogP) is 3.90. The van der Waals surface area contributed by atoms with Crippen molar-refractivity contribution < 1.29 is 0 Å². The Labute approximate surface area is 146 Å². The fraction of sp³-hybridized carbons (Fsp3) is 0.105. The van der Waals surface area contributed by atoms with Crippen LogP contribution in [0.3, 0.4) is 0 Å². The Morgan fingerprint density at radius 2 is 1.56 bits per heavy atom. The fourth-order valence-electron chi connectivity index (χ4n) is 2.30. The van der Waals surface area contributed by atoms with Crippen molar-refractivity contribution >= 4 is 28.7 Å². The van der Waals surface area contributed by atoms with Gasteiger partial charge in [-0.05, 0) is 42.5 Å². The van der Waals surface area contributed by atoms with Crippen LogP contribution in [0.2, 0.25) is 0 Å². The van der Waals surface area contributed by atoms with E-state index in [1.54, 1.807) is 12.1 Å². The van der Waals surface area contributed by atoms with E-state index < -0.39 is 0 Å². The van der Waals surface area contributed by atoms with E-state index in [1.165, 1.54) is 6.33 Å². The predicted molar refractivity (Wildman–Crippen MR) is 101 cm³/mol. The van der Waals surface area contributed by atoms with Crippen molar-refractivity contribution in [3.05, 3.63) is 66.5 Å². The van der Waals surface area contributed by atoms with Crippen molar-refractivity contribution in [2.24, 2.45) is 0 Å². The first-order valence-electron chi connectivity index (χ1n) is 7.78. The van der Waals surface area contributed by atoms with Gasteiger partial charge in [0.25, 0.3) is 0 Å². The molecular formula is C19H18N6. The lowest BCUT2D eigenvalue weighted by atomic mass is 10.2. The van der Waals surface area contributed by atoms with Crippen LogP contribution in [-0.2, 0) is 0 Å². The summed E-state index contributed by atoms with van der Waals surface area (Å²) in [6.07, 6.45) is 1.49. The van der Waals surface area contributed by atoms with Crippen LogP contribution in [0, 0.1) is 11.3 Å². The molecular weight excluding hydrogens is 312 g/mol. The lowest BCUT2D eigenvalue weighted by molar-refractivity contribution is 1.13. The highest BCUT2D eigenvalue weighted by Crippen LogP contribution is 2.21. The largest absolute Gasteiger partial charge is 0.378 e. The molecule has 25 heavy (non-hydrogen) atoms. The molecule has 0 unspecified atom stereocenters. The van der Waals surface area contributed by atoms with Gasteiger partial charge in [0.1, 0.15) is 18.0 Å². The molecule has 0 spiro atoms. The van der Waals surface area contributed by atoms with Gasteiger partial charge in [-0.25, -0.2) is 9.97 Å². The molecule has 124 valence electrons. The van der Waals surface area contributed by atoms with E-state index in [2.05, 4.69) is 26.7 Å². The maximum atomic E-state index is 8.97. The molecule has 6 nitrogen and oxygen atoms in total. The second kappa shape index (κ2) is 7.32. The molecule has 6 heteroatoms. The summed E-state index contributed by atoms with van der Waals surface area (Å²) in [4.78, 5) is 10.5. The number of benzene rings is 2. The summed E-state index contributed by atoms with van der Waals surface area (Å²) in [6.45, 7) is 0. The first-order valence-corrected chi connectivity index (χ1v) is 7.78. The number of rotatable bonds is 5. The third-order valence-corrected chi connectivity index (χ3v) is 3.59. The van der Waals surface area contributed by atoms with Crippen LogP contribution in [-0.4, -0.2) is 24.1 Å². The highest BCUT2D eigenvalue weighted by atomic mass is 15.1. The van der Waals surface area contributed by atoms with E-state index in [0.717, 1.165) is 17.1 Å². The molecule has 0 atom stereocenters. The maximum Gasteiger partial charge on any atom is 0.135 e. The van der Waals surface area contributed by atoms with Crippen molar-refractivity contribution in [1.29, 1.82) is 5.26 Å². The second-order valence-corrected chi connectivity index (χ2v) is 5.67. The van der Waals surface area contributed by atoms with Gasteiger partial charge in [0.05, 0.1) is 11.6 Å². The first-order chi connectivity index (χ1) is 12.1. The van der Waals surface area contributed by atoms with Crippen LogP contribution in [0.4, 0.5) is 28.7 Å². The normalized spacial score (nSPS) is 9.96. The molecule has 0 amide bonds. The van der Waals surface area contributed by atoms with E-state index in [9.17, 15) is 0 Å². The van der Waals surface area contributed by atoms with Crippen molar-refractivity contribution in [2.75, 3.05) is 29.6 Å². The molecule has 2 N–H and O–H groups in total. The summed E-state index contributed by atoms with van der Waals surface area (Å²) in [6, 6.07) is 19.3. The van der Waals surface area contributed by atoms with Gasteiger partial charge in [-0.2, -0.15) is 5.26 Å². The van der Waals surface area contributed by atoms with Crippen molar-refractivity contribution in [3.8, 4) is 6.07 Å². The zero-order chi connectivity index (χ0) is 17.6. The smallest absolute Gasteiger partial charge is 0.135 e. The molecule has 0 fully saturated rings. The maximum absolute atomic E-state index is 8.97. The highest BCUT2D eigenvalue weighted by Gasteiger charge is 2.02. The first kappa shape index (κ1) is 16.3. The molecule has 0 aliphatic rings. The van der Waals surface area contributed by atoms with E-state index in [0.29, 0.717) is 17.2 Å². The Kier molecular flexibility index (Phi) is 4.77. The summed E-state index contributed by atoms with van der Waals surface area (Å²) in [5.41, 5.74) is 3.48. The Bertz CT molecular complexity index is 896. The van der Waals surface area contributed by atoms with Crippen LogP contribution >= 0.6 is 0 Å². The van der Waals surface area contributed by atoms with Crippen LogP contribution in [0.15, 0.2) is 60.9 Å². The van der Waals surface area contributed by atoms with Crippen LogP contribution in [0.5, 0.6) is 0 Å². The molecule has 0 radical (unpaired) electrons. The molecule has 0 saturated carbocycles. The third-order valence-electron chi connectivity index (χ3n) is 3.59. The fourth-order valence-corrected chi connectivity index (χ4v) is 2.30. The minimum Gasteiger partial charge on any atom is -0.378 e. The third kappa shape index (κ3) is 4.24. The highest BCUT2D eigenvalue weighted by molar-refractivity contribution is 5.65. The van der Waals surface area contributed by atoms with Gasteiger partial charge >= 0.3 is 0 Å². The molecule has 0 aliphatic carbocycles. The molecule has 0 bridgehead atoms. The molecule has 2 aromatic carbocycles. The molecule has 0 saturated heterocycles. The topological polar surface area (TPSA) is 76.9 Å². The molecule has 1 heterocycles. The van der Waals surface area contributed by atoms with E-state index in [4.69, 9.17) is 5.26 Å². The standard InChI is InChI=1S/C19H18N6/c1-25(2)17-8-6-15(7-9-17)23-18-11-19(22-13-21-18)24-16-5-3-4-14(10-16)12-20/h3-11,13H,1-2H3,(H2,21,22,23,24). The van der Waals surface area contributed by atoms with Gasteiger partial charge in [-0.3, -0.25) is 0 Å². The van der Waals surface area contributed by atoms with Gasteiger partial charge < -0.3 is 15.5 Å². The summed E-state index contributed by atoms with van der Waals surface area (Å²) in [7, 11) is 4.01. The quantitative estimate of drug-likeness (QED) is 0.739. The van der Waals surface area contributed by atoms with Gasteiger partial charge in [0.2, 0.25) is 0 Å². The number of hydrogen-bond donors (Lipinski definition) is 2. The number of nitrogens with zero attached hydrogens (tertiary/aromatic N) is 4. The molecule has 3 aromatic rings. The number of aromatic nitrogens is 2. The van der Waals surface area contributed by atoms with Gasteiger partial charge in [-0.15, -0.1) is 0 Å². The number of nitrogens with one attached hydrogen (secondary N) is 2. The van der Waals surface area contributed by atoms with Crippen LogP contribution in [0.25, 0.3) is 0 Å². The van der Waals surface area contributed by atoms with Crippen molar-refractivity contribution in [2.45, 2.75) is 0 Å². The summed E-state index contributed by atoms with van der Waals surface area (Å²) < 4.78 is 0. The molecule has 1 aromatic heterocycles.